The van der Waals surface area contributed by atoms with Gasteiger partial charge in [0.2, 0.25) is 0 Å². The largest absolute Gasteiger partial charge is 0.508 e. The molecule has 0 bridgehead atoms. The Morgan fingerprint density at radius 1 is 0.875 bits per heavy atom. The number of aromatic hydroxyl groups is 1. The van der Waals surface area contributed by atoms with Gasteiger partial charge < -0.3 is 10.2 Å². The first-order valence-electron chi connectivity index (χ1n) is 8.63. The second-order valence-corrected chi connectivity index (χ2v) is 6.52. The van der Waals surface area contributed by atoms with Gasteiger partial charge in [0.05, 0.1) is 0 Å². The number of hydrogen-bond acceptors (Lipinski definition) is 4. The number of benzene rings is 2. The van der Waals surface area contributed by atoms with Crippen molar-refractivity contribution >= 4 is 0 Å². The summed E-state index contributed by atoms with van der Waals surface area (Å²) in [4.78, 5) is 4.92. The second-order valence-electron chi connectivity index (χ2n) is 6.52. The predicted molar refractivity (Wildman–Crippen MR) is 95.7 cm³/mol. The summed E-state index contributed by atoms with van der Waals surface area (Å²) in [6.45, 7) is 5.06. The molecular formula is C20H26N2O2. The number of piperazine rings is 1. The van der Waals surface area contributed by atoms with Crippen molar-refractivity contribution in [2.45, 2.75) is 25.6 Å². The molecule has 1 unspecified atom stereocenters. The first-order chi connectivity index (χ1) is 11.7. The van der Waals surface area contributed by atoms with Crippen LogP contribution in [0.15, 0.2) is 54.6 Å². The van der Waals surface area contributed by atoms with Crippen LogP contribution in [0.3, 0.4) is 0 Å². The third-order valence-electron chi connectivity index (χ3n) is 4.72. The Bertz CT molecular complexity index is 615. The highest BCUT2D eigenvalue weighted by Crippen LogP contribution is 2.19. The van der Waals surface area contributed by atoms with Crippen molar-refractivity contribution in [3.05, 3.63) is 65.7 Å². The van der Waals surface area contributed by atoms with Crippen LogP contribution in [0.4, 0.5) is 0 Å². The van der Waals surface area contributed by atoms with Crippen LogP contribution in [0.5, 0.6) is 5.75 Å². The van der Waals surface area contributed by atoms with E-state index in [2.05, 4.69) is 34.1 Å². The highest BCUT2D eigenvalue weighted by molar-refractivity contribution is 5.25. The quantitative estimate of drug-likeness (QED) is 0.856. The predicted octanol–water partition coefficient (Wildman–Crippen LogP) is 2.46. The van der Waals surface area contributed by atoms with E-state index < -0.39 is 0 Å². The number of nitrogens with zero attached hydrogens (tertiary/aromatic N) is 2. The van der Waals surface area contributed by atoms with Gasteiger partial charge in [-0.25, -0.2) is 0 Å². The summed E-state index contributed by atoms with van der Waals surface area (Å²) in [7, 11) is 0. The number of hydrogen-bond donors (Lipinski definition) is 2. The minimum absolute atomic E-state index is 0.225. The van der Waals surface area contributed by atoms with E-state index in [-0.39, 0.29) is 6.61 Å². The molecule has 0 radical (unpaired) electrons. The average Bonchev–Trinajstić information content (AvgIpc) is 2.60. The lowest BCUT2D eigenvalue weighted by Gasteiger charge is -2.41. The molecule has 0 saturated carbocycles. The van der Waals surface area contributed by atoms with Crippen molar-refractivity contribution in [2.24, 2.45) is 0 Å². The van der Waals surface area contributed by atoms with Gasteiger partial charge in [0.15, 0.2) is 0 Å². The van der Waals surface area contributed by atoms with Crippen LogP contribution in [0, 0.1) is 0 Å². The molecule has 2 aromatic rings. The highest BCUT2D eigenvalue weighted by Gasteiger charge is 2.26. The summed E-state index contributed by atoms with van der Waals surface area (Å²) in [5.41, 5.74) is 2.54. The summed E-state index contributed by atoms with van der Waals surface area (Å²) in [6, 6.07) is 18.4. The number of aliphatic hydroxyl groups excluding tert-OH is 1. The first kappa shape index (κ1) is 17.0. The van der Waals surface area contributed by atoms with Gasteiger partial charge in [0, 0.05) is 45.4 Å². The molecule has 2 N–H and O–H groups in total. The van der Waals surface area contributed by atoms with E-state index in [0.717, 1.165) is 39.1 Å². The minimum atomic E-state index is 0.225. The van der Waals surface area contributed by atoms with Crippen LogP contribution >= 0.6 is 0 Å². The highest BCUT2D eigenvalue weighted by atomic mass is 16.3. The third-order valence-corrected chi connectivity index (χ3v) is 4.72. The van der Waals surface area contributed by atoms with Gasteiger partial charge in [-0.15, -0.1) is 0 Å². The number of rotatable bonds is 6. The van der Waals surface area contributed by atoms with E-state index in [1.165, 1.54) is 11.1 Å². The van der Waals surface area contributed by atoms with Gasteiger partial charge in [-0.3, -0.25) is 9.80 Å². The Morgan fingerprint density at radius 2 is 1.58 bits per heavy atom. The Morgan fingerprint density at radius 3 is 2.29 bits per heavy atom. The van der Waals surface area contributed by atoms with Gasteiger partial charge in [0.1, 0.15) is 5.75 Å². The molecule has 2 aromatic carbocycles. The molecule has 4 heteroatoms. The van der Waals surface area contributed by atoms with Crippen molar-refractivity contribution in [1.82, 2.24) is 9.80 Å². The molecule has 4 nitrogen and oxygen atoms in total. The van der Waals surface area contributed by atoms with E-state index in [4.69, 9.17) is 0 Å². The molecule has 1 aliphatic rings. The summed E-state index contributed by atoms with van der Waals surface area (Å²) in [5, 5.41) is 18.8. The second kappa shape index (κ2) is 8.29. The third kappa shape index (κ3) is 4.57. The smallest absolute Gasteiger partial charge is 0.115 e. The van der Waals surface area contributed by atoms with Crippen LogP contribution in [0.2, 0.25) is 0 Å². The Hall–Kier alpha value is -1.88. The van der Waals surface area contributed by atoms with Crippen LogP contribution < -0.4 is 0 Å². The van der Waals surface area contributed by atoms with Gasteiger partial charge in [0.25, 0.3) is 0 Å². The molecule has 3 rings (SSSR count). The fourth-order valence-electron chi connectivity index (χ4n) is 3.41. The zero-order valence-corrected chi connectivity index (χ0v) is 14.0. The summed E-state index contributed by atoms with van der Waals surface area (Å²) in [6.07, 6.45) is 0.804. The van der Waals surface area contributed by atoms with Crippen LogP contribution in [0.1, 0.15) is 17.5 Å². The molecule has 24 heavy (non-hydrogen) atoms. The molecule has 0 aliphatic carbocycles. The minimum Gasteiger partial charge on any atom is -0.508 e. The van der Waals surface area contributed by atoms with Gasteiger partial charge in [-0.05, 0) is 29.7 Å². The van der Waals surface area contributed by atoms with Gasteiger partial charge in [-0.2, -0.15) is 0 Å². The normalized spacial score (nSPS) is 19.5. The van der Waals surface area contributed by atoms with Gasteiger partial charge in [-0.1, -0.05) is 42.5 Å². The van der Waals surface area contributed by atoms with E-state index in [0.29, 0.717) is 11.8 Å². The molecule has 1 aliphatic heterocycles. The molecule has 0 aromatic heterocycles. The molecule has 1 atom stereocenters. The maximum Gasteiger partial charge on any atom is 0.115 e. The molecule has 1 heterocycles. The van der Waals surface area contributed by atoms with Gasteiger partial charge >= 0.3 is 0 Å². The van der Waals surface area contributed by atoms with Crippen LogP contribution in [-0.2, 0) is 13.1 Å². The SMILES string of the molecule is OCCC1CN(Cc2ccc(O)cc2)CCN1Cc1ccccc1. The molecular weight excluding hydrogens is 300 g/mol. The first-order valence-corrected chi connectivity index (χ1v) is 8.63. The maximum absolute atomic E-state index is 9.44. The lowest BCUT2D eigenvalue weighted by atomic mass is 10.1. The van der Waals surface area contributed by atoms with Crippen molar-refractivity contribution in [3.8, 4) is 5.75 Å². The Balaban J connectivity index is 1.61. The van der Waals surface area contributed by atoms with Crippen molar-refractivity contribution in [1.29, 1.82) is 0 Å². The average molecular weight is 326 g/mol. The standard InChI is InChI=1S/C20H26N2O2/c23-13-10-19-16-21(14-18-6-8-20(24)9-7-18)11-12-22(19)15-17-4-2-1-3-5-17/h1-9,19,23-24H,10-16H2. The van der Waals surface area contributed by atoms with Crippen LogP contribution in [0.25, 0.3) is 0 Å². The zero-order chi connectivity index (χ0) is 16.8. The van der Waals surface area contributed by atoms with E-state index in [1.54, 1.807) is 12.1 Å². The number of aliphatic hydroxyl groups is 1. The molecule has 1 fully saturated rings. The fourth-order valence-corrected chi connectivity index (χ4v) is 3.41. The van der Waals surface area contributed by atoms with Crippen molar-refractivity contribution in [2.75, 3.05) is 26.2 Å². The monoisotopic (exact) mass is 326 g/mol. The summed E-state index contributed by atoms with van der Waals surface area (Å²) < 4.78 is 0. The molecule has 0 spiro atoms. The molecule has 128 valence electrons. The molecule has 0 amide bonds. The van der Waals surface area contributed by atoms with Crippen LogP contribution in [-0.4, -0.2) is 52.3 Å². The Kier molecular flexibility index (Phi) is 5.86. The summed E-state index contributed by atoms with van der Waals surface area (Å²) >= 11 is 0. The lowest BCUT2D eigenvalue weighted by Crippen LogP contribution is -2.52. The lowest BCUT2D eigenvalue weighted by molar-refractivity contribution is 0.0500. The Labute approximate surface area is 144 Å². The number of phenolic OH excluding ortho intramolecular Hbond substituents is 1. The van der Waals surface area contributed by atoms with E-state index >= 15 is 0 Å². The molecule has 1 saturated heterocycles. The fraction of sp³-hybridized carbons (Fsp3) is 0.400. The zero-order valence-electron chi connectivity index (χ0n) is 14.0. The summed E-state index contributed by atoms with van der Waals surface area (Å²) in [5.74, 6) is 0.310. The van der Waals surface area contributed by atoms with Crippen molar-refractivity contribution < 1.29 is 10.2 Å². The van der Waals surface area contributed by atoms with E-state index in [1.807, 2.05) is 18.2 Å². The number of phenols is 1. The topological polar surface area (TPSA) is 46.9 Å². The van der Waals surface area contributed by atoms with Crippen molar-refractivity contribution in [3.63, 3.8) is 0 Å². The maximum atomic E-state index is 9.44. The van der Waals surface area contributed by atoms with E-state index in [9.17, 15) is 10.2 Å².